The third-order valence-electron chi connectivity index (χ3n) is 3.96. The molecule has 6 nitrogen and oxygen atoms in total. The van der Waals surface area contributed by atoms with Crippen LogP contribution in [0.25, 0.3) is 0 Å². The van der Waals surface area contributed by atoms with E-state index in [0.29, 0.717) is 39.0 Å². The van der Waals surface area contributed by atoms with E-state index in [1.165, 1.54) is 11.8 Å². The van der Waals surface area contributed by atoms with Crippen LogP contribution in [0.2, 0.25) is 15.1 Å². The number of rotatable bonds is 8. The molecule has 0 unspecified atom stereocenters. The van der Waals surface area contributed by atoms with Crippen LogP contribution in [-0.2, 0) is 17.9 Å². The number of anilines is 2. The lowest BCUT2D eigenvalue weighted by atomic mass is 10.3. The van der Waals surface area contributed by atoms with Crippen molar-refractivity contribution in [1.82, 2.24) is 14.8 Å². The van der Waals surface area contributed by atoms with Gasteiger partial charge in [0, 0.05) is 11.6 Å². The Morgan fingerprint density at radius 3 is 2.59 bits per heavy atom. The fraction of sp³-hybridized carbons (Fsp3) is 0.211. The first-order chi connectivity index (χ1) is 14.0. The molecular formula is C19H18Cl3N5OS. The number of carbonyl (C=O) groups excluding carboxylic acids is 1. The summed E-state index contributed by atoms with van der Waals surface area (Å²) >= 11 is 19.6. The molecule has 0 saturated carbocycles. The molecule has 1 amide bonds. The van der Waals surface area contributed by atoms with E-state index in [4.69, 9.17) is 34.8 Å². The zero-order valence-electron chi connectivity index (χ0n) is 15.5. The van der Waals surface area contributed by atoms with Gasteiger partial charge in [-0.3, -0.25) is 4.79 Å². The van der Waals surface area contributed by atoms with Gasteiger partial charge in [-0.25, -0.2) is 0 Å². The molecule has 0 atom stereocenters. The van der Waals surface area contributed by atoms with Crippen molar-refractivity contribution in [2.75, 3.05) is 16.4 Å². The summed E-state index contributed by atoms with van der Waals surface area (Å²) in [4.78, 5) is 12.2. The summed E-state index contributed by atoms with van der Waals surface area (Å²) in [6, 6.07) is 12.3. The van der Waals surface area contributed by atoms with Crippen LogP contribution < -0.4 is 10.6 Å². The number of carbonyl (C=O) groups is 1. The van der Waals surface area contributed by atoms with Gasteiger partial charge in [0.25, 0.3) is 0 Å². The van der Waals surface area contributed by atoms with Crippen molar-refractivity contribution >= 4 is 63.8 Å². The van der Waals surface area contributed by atoms with Crippen LogP contribution in [0.5, 0.6) is 0 Å². The van der Waals surface area contributed by atoms with Crippen molar-refractivity contribution in [3.63, 3.8) is 0 Å². The van der Waals surface area contributed by atoms with Crippen molar-refractivity contribution in [3.8, 4) is 0 Å². The topological polar surface area (TPSA) is 71.8 Å². The molecule has 2 N–H and O–H groups in total. The Balaban J connectivity index is 1.61. The quantitative estimate of drug-likeness (QED) is 0.419. The van der Waals surface area contributed by atoms with Gasteiger partial charge in [0.15, 0.2) is 11.0 Å². The summed E-state index contributed by atoms with van der Waals surface area (Å²) in [7, 11) is 0. The zero-order chi connectivity index (χ0) is 20.8. The number of para-hydroxylation sites is 1. The second-order valence-electron chi connectivity index (χ2n) is 5.94. The highest BCUT2D eigenvalue weighted by Gasteiger charge is 2.14. The van der Waals surface area contributed by atoms with Crippen LogP contribution in [0.4, 0.5) is 11.4 Å². The zero-order valence-corrected chi connectivity index (χ0v) is 18.5. The fourth-order valence-electron chi connectivity index (χ4n) is 2.56. The maximum atomic E-state index is 12.2. The molecule has 1 heterocycles. The number of nitrogens with zero attached hydrogens (tertiary/aromatic N) is 3. The fourth-order valence-corrected chi connectivity index (χ4v) is 3.92. The Morgan fingerprint density at radius 1 is 1.07 bits per heavy atom. The van der Waals surface area contributed by atoms with Crippen molar-refractivity contribution in [1.29, 1.82) is 0 Å². The highest BCUT2D eigenvalue weighted by molar-refractivity contribution is 7.99. The van der Waals surface area contributed by atoms with Crippen molar-refractivity contribution < 1.29 is 4.79 Å². The molecule has 2 aromatic carbocycles. The maximum Gasteiger partial charge on any atom is 0.234 e. The van der Waals surface area contributed by atoms with Gasteiger partial charge in [0.2, 0.25) is 5.91 Å². The van der Waals surface area contributed by atoms with Crippen molar-refractivity contribution in [3.05, 3.63) is 63.4 Å². The molecule has 0 aliphatic heterocycles. The van der Waals surface area contributed by atoms with Gasteiger partial charge in [-0.05, 0) is 37.3 Å². The average molecular weight is 471 g/mol. The number of benzene rings is 2. The highest BCUT2D eigenvalue weighted by atomic mass is 35.5. The number of nitrogens with one attached hydrogen (secondary N) is 2. The number of hydrogen-bond acceptors (Lipinski definition) is 5. The minimum atomic E-state index is -0.167. The van der Waals surface area contributed by atoms with Crippen molar-refractivity contribution in [2.24, 2.45) is 0 Å². The first-order valence-electron chi connectivity index (χ1n) is 8.76. The van der Waals surface area contributed by atoms with Crippen LogP contribution >= 0.6 is 46.6 Å². The Kier molecular flexibility index (Phi) is 7.66. The van der Waals surface area contributed by atoms with Crippen LogP contribution in [0, 0.1) is 0 Å². The predicted molar refractivity (Wildman–Crippen MR) is 120 cm³/mol. The smallest absolute Gasteiger partial charge is 0.234 e. The molecule has 0 radical (unpaired) electrons. The molecular weight excluding hydrogens is 453 g/mol. The second-order valence-corrected chi connectivity index (χ2v) is 8.13. The molecule has 3 rings (SSSR count). The summed E-state index contributed by atoms with van der Waals surface area (Å²) in [5.41, 5.74) is 1.30. The molecule has 29 heavy (non-hydrogen) atoms. The molecule has 10 heteroatoms. The summed E-state index contributed by atoms with van der Waals surface area (Å²) in [5, 5.41) is 16.8. The Labute approximate surface area is 187 Å². The van der Waals surface area contributed by atoms with Gasteiger partial charge in [0.05, 0.1) is 33.7 Å². The molecule has 0 fully saturated rings. The molecule has 3 aromatic rings. The van der Waals surface area contributed by atoms with Crippen LogP contribution in [0.3, 0.4) is 0 Å². The predicted octanol–water partition coefficient (Wildman–Crippen LogP) is 5.60. The van der Waals surface area contributed by atoms with Gasteiger partial charge in [-0.15, -0.1) is 10.2 Å². The SMILES string of the molecule is CCn1c(CNc2cc(Cl)ccc2Cl)nnc1SCC(=O)Nc1ccccc1Cl. The monoisotopic (exact) mass is 469 g/mol. The van der Waals surface area contributed by atoms with Gasteiger partial charge >= 0.3 is 0 Å². The van der Waals surface area contributed by atoms with E-state index in [0.717, 1.165) is 11.5 Å². The minimum absolute atomic E-state index is 0.167. The van der Waals surface area contributed by atoms with Gasteiger partial charge in [-0.1, -0.05) is 58.7 Å². The highest BCUT2D eigenvalue weighted by Crippen LogP contribution is 2.26. The van der Waals surface area contributed by atoms with E-state index in [1.54, 1.807) is 30.3 Å². The van der Waals surface area contributed by atoms with Gasteiger partial charge in [0.1, 0.15) is 0 Å². The van der Waals surface area contributed by atoms with E-state index in [1.807, 2.05) is 23.6 Å². The van der Waals surface area contributed by atoms with Gasteiger partial charge < -0.3 is 15.2 Å². The third kappa shape index (κ3) is 5.79. The molecule has 0 bridgehead atoms. The molecule has 0 saturated heterocycles. The first-order valence-corrected chi connectivity index (χ1v) is 10.9. The van der Waals surface area contributed by atoms with E-state index >= 15 is 0 Å². The normalized spacial score (nSPS) is 10.8. The molecule has 152 valence electrons. The number of amides is 1. The lowest BCUT2D eigenvalue weighted by molar-refractivity contribution is -0.113. The standard InChI is InChI=1S/C19H18Cl3N5OS/c1-2-27-17(10-23-16-9-12(20)7-8-14(16)22)25-26-19(27)29-11-18(28)24-15-6-4-3-5-13(15)21/h3-9,23H,2,10-11H2,1H3,(H,24,28). The number of aromatic nitrogens is 3. The number of hydrogen-bond donors (Lipinski definition) is 2. The summed E-state index contributed by atoms with van der Waals surface area (Å²) < 4.78 is 1.94. The maximum absolute atomic E-state index is 12.2. The molecule has 0 aliphatic carbocycles. The second kappa shape index (κ2) is 10.2. The largest absolute Gasteiger partial charge is 0.376 e. The van der Waals surface area contributed by atoms with Gasteiger partial charge in [-0.2, -0.15) is 0 Å². The van der Waals surface area contributed by atoms with E-state index in [-0.39, 0.29) is 11.7 Å². The summed E-state index contributed by atoms with van der Waals surface area (Å²) in [6.07, 6.45) is 0. The van der Waals surface area contributed by atoms with Crippen LogP contribution in [-0.4, -0.2) is 26.4 Å². The van der Waals surface area contributed by atoms with Crippen molar-refractivity contribution in [2.45, 2.75) is 25.2 Å². The van der Waals surface area contributed by atoms with E-state index < -0.39 is 0 Å². The first kappa shape index (κ1) is 21.8. The Hall–Kier alpha value is -1.93. The minimum Gasteiger partial charge on any atom is -0.376 e. The molecule has 1 aromatic heterocycles. The average Bonchev–Trinajstić information content (AvgIpc) is 3.10. The lowest BCUT2D eigenvalue weighted by Crippen LogP contribution is -2.15. The van der Waals surface area contributed by atoms with Crippen LogP contribution in [0.15, 0.2) is 47.6 Å². The third-order valence-corrected chi connectivity index (χ3v) is 5.82. The lowest BCUT2D eigenvalue weighted by Gasteiger charge is -2.11. The summed E-state index contributed by atoms with van der Waals surface area (Å²) in [6.45, 7) is 3.09. The van der Waals surface area contributed by atoms with E-state index in [9.17, 15) is 4.79 Å². The summed E-state index contributed by atoms with van der Waals surface area (Å²) in [5.74, 6) is 0.758. The number of thioether (sulfide) groups is 1. The molecule has 0 aliphatic rings. The Morgan fingerprint density at radius 2 is 1.83 bits per heavy atom. The molecule has 0 spiro atoms. The van der Waals surface area contributed by atoms with E-state index in [2.05, 4.69) is 20.8 Å². The van der Waals surface area contributed by atoms with Crippen LogP contribution in [0.1, 0.15) is 12.7 Å². The Bertz CT molecular complexity index is 1010. The number of halogens is 3.